The van der Waals surface area contributed by atoms with Gasteiger partial charge in [0.05, 0.1) is 0 Å². The topological polar surface area (TPSA) is 93.6 Å². The number of H-pyrrole nitrogens is 1. The number of aromatic amines is 1. The van der Waals surface area contributed by atoms with Crippen molar-refractivity contribution in [2.24, 2.45) is 0 Å². The van der Waals surface area contributed by atoms with Crippen LogP contribution >= 0.6 is 0 Å². The Morgan fingerprint density at radius 1 is 1.13 bits per heavy atom. The lowest BCUT2D eigenvalue weighted by Gasteiger charge is -1.96. The van der Waals surface area contributed by atoms with Crippen LogP contribution in [0.2, 0.25) is 0 Å². The van der Waals surface area contributed by atoms with Crippen LogP contribution in [-0.2, 0) is 0 Å². The van der Waals surface area contributed by atoms with E-state index in [0.717, 1.165) is 11.3 Å². The molecule has 0 aliphatic carbocycles. The first-order valence-corrected chi connectivity index (χ1v) is 4.37. The van der Waals surface area contributed by atoms with Crippen LogP contribution in [0.15, 0.2) is 28.9 Å². The number of nitrogens with zero attached hydrogens (tertiary/aromatic N) is 3. The third-order valence-corrected chi connectivity index (χ3v) is 2.11. The number of fused-ring (bicyclic) bond motifs is 1. The van der Waals surface area contributed by atoms with Crippen LogP contribution in [-0.4, -0.2) is 20.3 Å². The lowest BCUT2D eigenvalue weighted by molar-refractivity contribution is 0.313. The van der Waals surface area contributed by atoms with Gasteiger partial charge in [-0.1, -0.05) is 0 Å². The Hall–Kier alpha value is -2.37. The second-order valence-electron chi connectivity index (χ2n) is 3.14. The van der Waals surface area contributed by atoms with Crippen LogP contribution in [0.4, 0.5) is 5.69 Å². The van der Waals surface area contributed by atoms with Crippen LogP contribution in [0, 0.1) is 0 Å². The van der Waals surface area contributed by atoms with Crippen molar-refractivity contribution in [3.05, 3.63) is 24.3 Å². The number of rotatable bonds is 1. The van der Waals surface area contributed by atoms with Crippen LogP contribution in [0.25, 0.3) is 22.7 Å². The first kappa shape index (κ1) is 7.98. The van der Waals surface area contributed by atoms with Crippen LogP contribution in [0.5, 0.6) is 0 Å². The van der Waals surface area contributed by atoms with E-state index in [9.17, 15) is 0 Å². The van der Waals surface area contributed by atoms with Gasteiger partial charge in [-0.15, -0.1) is 0 Å². The fourth-order valence-electron chi connectivity index (χ4n) is 1.36. The predicted octanol–water partition coefficient (Wildman–Crippen LogP) is 1.20. The summed E-state index contributed by atoms with van der Waals surface area (Å²) in [6.07, 6.45) is 0. The highest BCUT2D eigenvalue weighted by molar-refractivity contribution is 5.71. The maximum absolute atomic E-state index is 5.59. The van der Waals surface area contributed by atoms with E-state index in [1.165, 1.54) is 0 Å². The van der Waals surface area contributed by atoms with Crippen LogP contribution in [0.3, 0.4) is 0 Å². The van der Waals surface area contributed by atoms with Gasteiger partial charge in [-0.3, -0.25) is 0 Å². The summed E-state index contributed by atoms with van der Waals surface area (Å²) in [6, 6.07) is 7.38. The lowest BCUT2D eigenvalue weighted by Crippen LogP contribution is -1.85. The number of nitrogens with two attached hydrogens (primary N) is 1. The summed E-state index contributed by atoms with van der Waals surface area (Å²) >= 11 is 0. The van der Waals surface area contributed by atoms with E-state index in [-0.39, 0.29) is 0 Å². The van der Waals surface area contributed by atoms with Gasteiger partial charge in [0.25, 0.3) is 0 Å². The number of imidazole rings is 1. The molecule has 0 fully saturated rings. The van der Waals surface area contributed by atoms with Gasteiger partial charge in [0.2, 0.25) is 11.3 Å². The second kappa shape index (κ2) is 2.81. The van der Waals surface area contributed by atoms with Crippen LogP contribution in [0.1, 0.15) is 0 Å². The number of nitrogens with one attached hydrogen (secondary N) is 1. The zero-order valence-corrected chi connectivity index (χ0v) is 7.64. The quantitative estimate of drug-likeness (QED) is 0.577. The average molecular weight is 201 g/mol. The zero-order valence-electron chi connectivity index (χ0n) is 7.64. The van der Waals surface area contributed by atoms with Crippen molar-refractivity contribution in [3.8, 4) is 11.4 Å². The highest BCUT2D eigenvalue weighted by Gasteiger charge is 2.08. The Balaban J connectivity index is 2.13. The summed E-state index contributed by atoms with van der Waals surface area (Å²) < 4.78 is 4.50. The van der Waals surface area contributed by atoms with Gasteiger partial charge in [-0.25, -0.2) is 9.61 Å². The minimum absolute atomic E-state index is 0.474. The van der Waals surface area contributed by atoms with Gasteiger partial charge < -0.3 is 10.7 Å². The SMILES string of the molecule is Nc1ccc(-c2nc3nonc3[nH]2)cc1. The average Bonchev–Trinajstić information content (AvgIpc) is 2.78. The van der Waals surface area contributed by atoms with Gasteiger partial charge in [-0.2, -0.15) is 0 Å². The molecule has 0 saturated carbocycles. The molecule has 74 valence electrons. The highest BCUT2D eigenvalue weighted by atomic mass is 16.6. The second-order valence-corrected chi connectivity index (χ2v) is 3.14. The molecule has 0 amide bonds. The molecule has 2 heterocycles. The van der Waals surface area contributed by atoms with Crippen molar-refractivity contribution in [1.29, 1.82) is 0 Å². The van der Waals surface area contributed by atoms with Crippen molar-refractivity contribution in [1.82, 2.24) is 20.3 Å². The normalized spacial score (nSPS) is 10.9. The number of hydrogen-bond donors (Lipinski definition) is 2. The Morgan fingerprint density at radius 2 is 1.93 bits per heavy atom. The fourth-order valence-corrected chi connectivity index (χ4v) is 1.36. The van der Waals surface area contributed by atoms with Crippen molar-refractivity contribution in [3.63, 3.8) is 0 Å². The molecule has 0 aliphatic heterocycles. The molecular formula is C9H7N5O. The molecule has 3 N–H and O–H groups in total. The Bertz CT molecular complexity index is 566. The van der Waals surface area contributed by atoms with Gasteiger partial charge >= 0.3 is 0 Å². The molecule has 15 heavy (non-hydrogen) atoms. The molecule has 0 bridgehead atoms. The molecule has 0 spiro atoms. The summed E-state index contributed by atoms with van der Waals surface area (Å²) in [5.41, 5.74) is 8.26. The standard InChI is InChI=1S/C9H7N5O/c10-6-3-1-5(2-4-6)7-11-8-9(12-7)14-15-13-8/h1-4H,10H2,(H,11,12,13,14). The highest BCUT2D eigenvalue weighted by Crippen LogP contribution is 2.19. The third-order valence-electron chi connectivity index (χ3n) is 2.11. The third kappa shape index (κ3) is 1.23. The van der Waals surface area contributed by atoms with E-state index in [1.807, 2.05) is 24.3 Å². The molecule has 0 radical (unpaired) electrons. The predicted molar refractivity (Wildman–Crippen MR) is 53.8 cm³/mol. The minimum atomic E-state index is 0.474. The minimum Gasteiger partial charge on any atom is -0.399 e. The summed E-state index contributed by atoms with van der Waals surface area (Å²) in [5, 5.41) is 7.28. The maximum Gasteiger partial charge on any atom is 0.243 e. The molecule has 2 aromatic heterocycles. The van der Waals surface area contributed by atoms with E-state index in [2.05, 4.69) is 24.9 Å². The lowest BCUT2D eigenvalue weighted by atomic mass is 10.2. The maximum atomic E-state index is 5.59. The van der Waals surface area contributed by atoms with E-state index in [4.69, 9.17) is 5.73 Å². The van der Waals surface area contributed by atoms with E-state index in [1.54, 1.807) is 0 Å². The molecule has 0 atom stereocenters. The Kier molecular flexibility index (Phi) is 1.49. The summed E-state index contributed by atoms with van der Waals surface area (Å²) in [7, 11) is 0. The van der Waals surface area contributed by atoms with Crippen molar-refractivity contribution in [2.75, 3.05) is 5.73 Å². The molecule has 0 unspecified atom stereocenters. The van der Waals surface area contributed by atoms with Gasteiger partial charge in [0, 0.05) is 11.3 Å². The van der Waals surface area contributed by atoms with Crippen LogP contribution < -0.4 is 5.73 Å². The number of benzene rings is 1. The monoisotopic (exact) mass is 201 g/mol. The molecule has 0 aliphatic rings. The molecule has 6 nitrogen and oxygen atoms in total. The van der Waals surface area contributed by atoms with E-state index in [0.29, 0.717) is 17.1 Å². The molecule has 1 aromatic carbocycles. The van der Waals surface area contributed by atoms with Gasteiger partial charge in [0.1, 0.15) is 5.82 Å². The number of hydrogen-bond acceptors (Lipinski definition) is 5. The summed E-state index contributed by atoms with van der Waals surface area (Å²) in [5.74, 6) is 0.704. The summed E-state index contributed by atoms with van der Waals surface area (Å²) in [4.78, 5) is 7.20. The number of aromatic nitrogens is 4. The van der Waals surface area contributed by atoms with Gasteiger partial charge in [0.15, 0.2) is 0 Å². The van der Waals surface area contributed by atoms with E-state index >= 15 is 0 Å². The fraction of sp³-hybridized carbons (Fsp3) is 0. The molecule has 3 aromatic rings. The van der Waals surface area contributed by atoms with E-state index < -0.39 is 0 Å². The number of nitrogen functional groups attached to an aromatic ring is 1. The smallest absolute Gasteiger partial charge is 0.243 e. The van der Waals surface area contributed by atoms with Crippen molar-refractivity contribution < 1.29 is 4.63 Å². The first-order chi connectivity index (χ1) is 7.33. The largest absolute Gasteiger partial charge is 0.399 e. The molecule has 6 heteroatoms. The number of anilines is 1. The Morgan fingerprint density at radius 3 is 2.67 bits per heavy atom. The molecule has 0 saturated heterocycles. The first-order valence-electron chi connectivity index (χ1n) is 4.37. The zero-order chi connectivity index (χ0) is 10.3. The van der Waals surface area contributed by atoms with Crippen molar-refractivity contribution >= 4 is 17.0 Å². The van der Waals surface area contributed by atoms with Crippen molar-refractivity contribution in [2.45, 2.75) is 0 Å². The Labute approximate surface area is 84.1 Å². The molecular weight excluding hydrogens is 194 g/mol. The van der Waals surface area contributed by atoms with Gasteiger partial charge in [-0.05, 0) is 34.6 Å². The summed E-state index contributed by atoms with van der Waals surface area (Å²) in [6.45, 7) is 0. The molecule has 3 rings (SSSR count).